The highest BCUT2D eigenvalue weighted by atomic mass is 16.2. The quantitative estimate of drug-likeness (QED) is 0.815. The number of aryl methyl sites for hydroxylation is 2. The van der Waals surface area contributed by atoms with Gasteiger partial charge < -0.3 is 9.47 Å². The first kappa shape index (κ1) is 18.2. The maximum atomic E-state index is 12.8. The van der Waals surface area contributed by atoms with Gasteiger partial charge in [-0.3, -0.25) is 9.69 Å². The number of amides is 1. The molecule has 1 aromatic carbocycles. The predicted octanol–water partition coefficient (Wildman–Crippen LogP) is 2.45. The fourth-order valence-corrected chi connectivity index (χ4v) is 4.28. The number of benzene rings is 1. The number of rotatable bonds is 5. The molecule has 0 aliphatic carbocycles. The van der Waals surface area contributed by atoms with Crippen LogP contribution in [0.15, 0.2) is 30.3 Å². The Morgan fingerprint density at radius 1 is 1.07 bits per heavy atom. The largest absolute Gasteiger partial charge is 0.332 e. The van der Waals surface area contributed by atoms with Crippen LogP contribution in [0.5, 0.6) is 0 Å². The lowest BCUT2D eigenvalue weighted by molar-refractivity contribution is -0.134. The van der Waals surface area contributed by atoms with Gasteiger partial charge in [0.15, 0.2) is 5.82 Å². The Balaban J connectivity index is 1.39. The van der Waals surface area contributed by atoms with Gasteiger partial charge in [-0.05, 0) is 44.8 Å². The number of hydrogen-bond donors (Lipinski definition) is 0. The van der Waals surface area contributed by atoms with Gasteiger partial charge in [-0.2, -0.15) is 0 Å². The van der Waals surface area contributed by atoms with E-state index < -0.39 is 0 Å². The van der Waals surface area contributed by atoms with Crippen molar-refractivity contribution >= 4 is 5.91 Å². The fourth-order valence-electron chi connectivity index (χ4n) is 4.28. The lowest BCUT2D eigenvalue weighted by Crippen LogP contribution is -2.46. The lowest BCUT2D eigenvalue weighted by Gasteiger charge is -2.34. The number of aromatic nitrogens is 3. The van der Waals surface area contributed by atoms with Gasteiger partial charge in [0.25, 0.3) is 0 Å². The molecule has 3 heterocycles. The number of fused-ring (bicyclic) bond motifs is 1. The summed E-state index contributed by atoms with van der Waals surface area (Å²) in [4.78, 5) is 17.0. The summed E-state index contributed by atoms with van der Waals surface area (Å²) in [5, 5.41) is 8.84. The first-order chi connectivity index (χ1) is 13.2. The second kappa shape index (κ2) is 8.21. The molecule has 0 spiro atoms. The SMILES string of the molecule is C[C@H]1CN(C(=O)CN2CCCCC2)Cc2nnc(CCc3ccccc3)n21. The van der Waals surface area contributed by atoms with E-state index in [1.807, 2.05) is 11.0 Å². The molecule has 1 saturated heterocycles. The van der Waals surface area contributed by atoms with Crippen molar-refractivity contribution in [2.75, 3.05) is 26.2 Å². The molecule has 6 heteroatoms. The van der Waals surface area contributed by atoms with Crippen LogP contribution in [0.25, 0.3) is 0 Å². The van der Waals surface area contributed by atoms with E-state index in [-0.39, 0.29) is 11.9 Å². The molecule has 6 nitrogen and oxygen atoms in total. The van der Waals surface area contributed by atoms with Crippen molar-refractivity contribution in [1.29, 1.82) is 0 Å². The number of likely N-dealkylation sites (tertiary alicyclic amines) is 1. The number of carbonyl (C=O) groups is 1. The molecule has 0 unspecified atom stereocenters. The van der Waals surface area contributed by atoms with Gasteiger partial charge in [-0.1, -0.05) is 36.8 Å². The number of carbonyl (C=O) groups excluding carboxylic acids is 1. The minimum Gasteiger partial charge on any atom is -0.332 e. The Hall–Kier alpha value is -2.21. The van der Waals surface area contributed by atoms with E-state index in [1.165, 1.54) is 24.8 Å². The first-order valence-electron chi connectivity index (χ1n) is 10.2. The Morgan fingerprint density at radius 3 is 2.63 bits per heavy atom. The molecule has 2 aliphatic rings. The second-order valence-corrected chi connectivity index (χ2v) is 7.85. The molecule has 1 amide bonds. The van der Waals surface area contributed by atoms with Crippen LogP contribution in [0.3, 0.4) is 0 Å². The molecular formula is C21H29N5O. The Labute approximate surface area is 161 Å². The second-order valence-electron chi connectivity index (χ2n) is 7.85. The average molecular weight is 367 g/mol. The van der Waals surface area contributed by atoms with E-state index >= 15 is 0 Å². The van der Waals surface area contributed by atoms with Crippen LogP contribution in [0.2, 0.25) is 0 Å². The topological polar surface area (TPSA) is 54.3 Å². The molecule has 0 bridgehead atoms. The standard InChI is InChI=1S/C21H29N5O/c1-17-14-25(21(27)16-24-12-6-3-7-13-24)15-20-23-22-19(26(17)20)11-10-18-8-4-2-5-9-18/h2,4-5,8-9,17H,3,6-7,10-16H2,1H3/t17-/m0/s1. The molecule has 2 aliphatic heterocycles. The zero-order valence-corrected chi connectivity index (χ0v) is 16.2. The zero-order valence-electron chi connectivity index (χ0n) is 16.2. The first-order valence-corrected chi connectivity index (χ1v) is 10.2. The van der Waals surface area contributed by atoms with Gasteiger partial charge in [0.2, 0.25) is 5.91 Å². The molecule has 144 valence electrons. The van der Waals surface area contributed by atoms with E-state index in [9.17, 15) is 4.79 Å². The molecule has 0 saturated carbocycles. The number of piperidine rings is 1. The third-order valence-electron chi connectivity index (χ3n) is 5.74. The van der Waals surface area contributed by atoms with Crippen LogP contribution in [0.4, 0.5) is 0 Å². The van der Waals surface area contributed by atoms with Gasteiger partial charge in [-0.25, -0.2) is 0 Å². The smallest absolute Gasteiger partial charge is 0.237 e. The van der Waals surface area contributed by atoms with Gasteiger partial charge in [0.05, 0.1) is 19.1 Å². The van der Waals surface area contributed by atoms with Crippen molar-refractivity contribution in [2.24, 2.45) is 0 Å². The number of nitrogens with zero attached hydrogens (tertiary/aromatic N) is 5. The van der Waals surface area contributed by atoms with Crippen molar-refractivity contribution in [2.45, 2.75) is 51.6 Å². The highest BCUT2D eigenvalue weighted by Crippen LogP contribution is 2.23. The average Bonchev–Trinajstić information content (AvgIpc) is 3.11. The summed E-state index contributed by atoms with van der Waals surface area (Å²) in [6.07, 6.45) is 5.55. The van der Waals surface area contributed by atoms with Crippen LogP contribution in [-0.2, 0) is 24.2 Å². The molecule has 0 radical (unpaired) electrons. The van der Waals surface area contributed by atoms with E-state index in [2.05, 4.69) is 50.9 Å². The summed E-state index contributed by atoms with van der Waals surface area (Å²) in [6.45, 7) is 6.14. The van der Waals surface area contributed by atoms with Crippen molar-refractivity contribution in [1.82, 2.24) is 24.6 Å². The zero-order chi connectivity index (χ0) is 18.6. The summed E-state index contributed by atoms with van der Waals surface area (Å²) >= 11 is 0. The van der Waals surface area contributed by atoms with Crippen molar-refractivity contribution < 1.29 is 4.79 Å². The van der Waals surface area contributed by atoms with Crippen LogP contribution in [0, 0.1) is 0 Å². The van der Waals surface area contributed by atoms with Crippen LogP contribution in [0.1, 0.15) is 49.4 Å². The van der Waals surface area contributed by atoms with Gasteiger partial charge in [0, 0.05) is 13.0 Å². The summed E-state index contributed by atoms with van der Waals surface area (Å²) in [5.41, 5.74) is 1.32. The highest BCUT2D eigenvalue weighted by Gasteiger charge is 2.29. The number of hydrogen-bond acceptors (Lipinski definition) is 4. The minimum atomic E-state index is 0.222. The molecule has 1 fully saturated rings. The summed E-state index contributed by atoms with van der Waals surface area (Å²) < 4.78 is 2.24. The van der Waals surface area contributed by atoms with E-state index in [0.717, 1.165) is 44.1 Å². The van der Waals surface area contributed by atoms with Crippen LogP contribution >= 0.6 is 0 Å². The Bertz CT molecular complexity index is 766. The predicted molar refractivity (Wildman–Crippen MR) is 104 cm³/mol. The van der Waals surface area contributed by atoms with Gasteiger partial charge in [0.1, 0.15) is 5.82 Å². The molecule has 2 aromatic rings. The molecular weight excluding hydrogens is 338 g/mol. The molecule has 27 heavy (non-hydrogen) atoms. The van der Waals surface area contributed by atoms with Crippen LogP contribution < -0.4 is 0 Å². The highest BCUT2D eigenvalue weighted by molar-refractivity contribution is 5.78. The maximum Gasteiger partial charge on any atom is 0.237 e. The van der Waals surface area contributed by atoms with Crippen molar-refractivity contribution in [3.05, 3.63) is 47.5 Å². The Morgan fingerprint density at radius 2 is 1.85 bits per heavy atom. The monoisotopic (exact) mass is 367 g/mol. The maximum absolute atomic E-state index is 12.8. The van der Waals surface area contributed by atoms with Gasteiger partial charge in [-0.15, -0.1) is 10.2 Å². The Kier molecular flexibility index (Phi) is 5.53. The molecule has 4 rings (SSSR count). The summed E-state index contributed by atoms with van der Waals surface area (Å²) in [5.74, 6) is 2.18. The minimum absolute atomic E-state index is 0.222. The third-order valence-corrected chi connectivity index (χ3v) is 5.74. The van der Waals surface area contributed by atoms with E-state index in [4.69, 9.17) is 0 Å². The molecule has 0 N–H and O–H groups in total. The van der Waals surface area contributed by atoms with E-state index in [0.29, 0.717) is 13.1 Å². The van der Waals surface area contributed by atoms with Crippen molar-refractivity contribution in [3.8, 4) is 0 Å². The molecule has 1 atom stereocenters. The normalized spacial score (nSPS) is 20.5. The summed E-state index contributed by atoms with van der Waals surface area (Å²) in [7, 11) is 0. The summed E-state index contributed by atoms with van der Waals surface area (Å²) in [6, 6.07) is 10.7. The van der Waals surface area contributed by atoms with Gasteiger partial charge >= 0.3 is 0 Å². The third kappa shape index (κ3) is 4.21. The van der Waals surface area contributed by atoms with Crippen molar-refractivity contribution in [3.63, 3.8) is 0 Å². The van der Waals surface area contributed by atoms with Crippen LogP contribution in [-0.4, -0.2) is 56.7 Å². The van der Waals surface area contributed by atoms with E-state index in [1.54, 1.807) is 0 Å². The molecule has 1 aromatic heterocycles. The fraction of sp³-hybridized carbons (Fsp3) is 0.571. The lowest BCUT2D eigenvalue weighted by atomic mass is 10.1.